The van der Waals surface area contributed by atoms with E-state index in [0.717, 1.165) is 19.6 Å². The van der Waals surface area contributed by atoms with Crippen LogP contribution in [0.2, 0.25) is 0 Å². The summed E-state index contributed by atoms with van der Waals surface area (Å²) in [6, 6.07) is 10.5. The number of nitrogens with two attached hydrogens (primary N) is 1. The predicted octanol–water partition coefficient (Wildman–Crippen LogP) is 0.508. The zero-order valence-corrected chi connectivity index (χ0v) is 9.93. The number of carbonyl (C=O) groups is 1. The third-order valence-electron chi connectivity index (χ3n) is 3.09. The van der Waals surface area contributed by atoms with Gasteiger partial charge in [0, 0.05) is 38.6 Å². The molecule has 1 unspecified atom stereocenters. The van der Waals surface area contributed by atoms with Gasteiger partial charge in [-0.25, -0.2) is 0 Å². The maximum Gasteiger partial charge on any atom is 0.223 e. The molecule has 0 spiro atoms. The van der Waals surface area contributed by atoms with Crippen LogP contribution >= 0.6 is 0 Å². The highest BCUT2D eigenvalue weighted by Gasteiger charge is 2.23. The Hall–Kier alpha value is -1.39. The minimum atomic E-state index is 0.162. The summed E-state index contributed by atoms with van der Waals surface area (Å²) in [6.07, 6.45) is 0.446. The zero-order chi connectivity index (χ0) is 12.1. The summed E-state index contributed by atoms with van der Waals surface area (Å²) in [4.78, 5) is 13.7. The van der Waals surface area contributed by atoms with Gasteiger partial charge in [0.2, 0.25) is 5.91 Å². The molecule has 0 aromatic heterocycles. The standard InChI is InChI=1S/C13H19N3O/c14-7-6-13(17)16-9-8-15-12(10-16)11-4-2-1-3-5-11/h1-5,12,15H,6-10,14H2. The van der Waals surface area contributed by atoms with Gasteiger partial charge < -0.3 is 16.0 Å². The van der Waals surface area contributed by atoms with E-state index in [1.54, 1.807) is 0 Å². The van der Waals surface area contributed by atoms with Gasteiger partial charge in [0.05, 0.1) is 0 Å². The minimum absolute atomic E-state index is 0.162. The van der Waals surface area contributed by atoms with E-state index in [2.05, 4.69) is 17.4 Å². The van der Waals surface area contributed by atoms with Gasteiger partial charge in [0.25, 0.3) is 0 Å². The van der Waals surface area contributed by atoms with E-state index in [1.807, 2.05) is 23.1 Å². The summed E-state index contributed by atoms with van der Waals surface area (Å²) < 4.78 is 0. The zero-order valence-electron chi connectivity index (χ0n) is 9.93. The van der Waals surface area contributed by atoms with Crippen LogP contribution in [-0.2, 0) is 4.79 Å². The van der Waals surface area contributed by atoms with Gasteiger partial charge in [0.1, 0.15) is 0 Å². The molecule has 1 aliphatic rings. The SMILES string of the molecule is NCCC(=O)N1CCNC(c2ccccc2)C1. The van der Waals surface area contributed by atoms with Crippen LogP contribution < -0.4 is 11.1 Å². The van der Waals surface area contributed by atoms with Crippen molar-refractivity contribution < 1.29 is 4.79 Å². The third kappa shape index (κ3) is 3.05. The molecular weight excluding hydrogens is 214 g/mol. The highest BCUT2D eigenvalue weighted by molar-refractivity contribution is 5.76. The van der Waals surface area contributed by atoms with Crippen LogP contribution in [-0.4, -0.2) is 37.0 Å². The number of nitrogens with zero attached hydrogens (tertiary/aromatic N) is 1. The van der Waals surface area contributed by atoms with E-state index in [9.17, 15) is 4.79 Å². The topological polar surface area (TPSA) is 58.4 Å². The Balaban J connectivity index is 2.00. The fourth-order valence-corrected chi connectivity index (χ4v) is 2.17. The molecule has 0 bridgehead atoms. The van der Waals surface area contributed by atoms with Crippen LogP contribution in [0.15, 0.2) is 30.3 Å². The largest absolute Gasteiger partial charge is 0.339 e. The van der Waals surface area contributed by atoms with Gasteiger partial charge in [-0.05, 0) is 5.56 Å². The third-order valence-corrected chi connectivity index (χ3v) is 3.09. The Morgan fingerprint density at radius 2 is 2.18 bits per heavy atom. The second-order valence-corrected chi connectivity index (χ2v) is 4.30. The van der Waals surface area contributed by atoms with Crippen LogP contribution in [0.4, 0.5) is 0 Å². The smallest absolute Gasteiger partial charge is 0.223 e. The summed E-state index contributed by atoms with van der Waals surface area (Å²) in [6.45, 7) is 2.79. The van der Waals surface area contributed by atoms with E-state index < -0.39 is 0 Å². The van der Waals surface area contributed by atoms with Crippen molar-refractivity contribution in [3.8, 4) is 0 Å². The van der Waals surface area contributed by atoms with E-state index >= 15 is 0 Å². The lowest BCUT2D eigenvalue weighted by atomic mass is 10.0. The van der Waals surface area contributed by atoms with Crippen molar-refractivity contribution in [2.45, 2.75) is 12.5 Å². The summed E-state index contributed by atoms with van der Waals surface area (Å²) >= 11 is 0. The number of nitrogens with one attached hydrogen (secondary N) is 1. The molecule has 1 saturated heterocycles. The first-order chi connectivity index (χ1) is 8.31. The highest BCUT2D eigenvalue weighted by Crippen LogP contribution is 2.17. The number of hydrogen-bond acceptors (Lipinski definition) is 3. The predicted molar refractivity (Wildman–Crippen MR) is 67.4 cm³/mol. The Kier molecular flexibility index (Phi) is 4.12. The molecule has 1 atom stereocenters. The van der Waals surface area contributed by atoms with Gasteiger partial charge in [-0.15, -0.1) is 0 Å². The molecule has 1 fully saturated rings. The van der Waals surface area contributed by atoms with Gasteiger partial charge >= 0.3 is 0 Å². The second-order valence-electron chi connectivity index (χ2n) is 4.30. The van der Waals surface area contributed by atoms with E-state index in [0.29, 0.717) is 13.0 Å². The van der Waals surface area contributed by atoms with Crippen molar-refractivity contribution in [3.05, 3.63) is 35.9 Å². The number of carbonyl (C=O) groups excluding carboxylic acids is 1. The number of benzene rings is 1. The highest BCUT2D eigenvalue weighted by atomic mass is 16.2. The number of rotatable bonds is 3. The monoisotopic (exact) mass is 233 g/mol. The molecule has 1 amide bonds. The molecule has 2 rings (SSSR count). The van der Waals surface area contributed by atoms with Gasteiger partial charge in [-0.1, -0.05) is 30.3 Å². The fourth-order valence-electron chi connectivity index (χ4n) is 2.17. The Morgan fingerprint density at radius 3 is 2.88 bits per heavy atom. The van der Waals surface area contributed by atoms with Crippen molar-refractivity contribution in [1.29, 1.82) is 0 Å². The Morgan fingerprint density at radius 1 is 1.41 bits per heavy atom. The lowest BCUT2D eigenvalue weighted by Gasteiger charge is -2.34. The van der Waals surface area contributed by atoms with E-state index in [-0.39, 0.29) is 11.9 Å². The normalized spacial score (nSPS) is 20.3. The Labute approximate surface area is 102 Å². The van der Waals surface area contributed by atoms with Crippen LogP contribution in [0.3, 0.4) is 0 Å². The lowest BCUT2D eigenvalue weighted by Crippen LogP contribution is -2.48. The number of hydrogen-bond donors (Lipinski definition) is 2. The molecular formula is C13H19N3O. The molecule has 0 radical (unpaired) electrons. The maximum atomic E-state index is 11.8. The first-order valence-electron chi connectivity index (χ1n) is 6.07. The van der Waals surface area contributed by atoms with Crippen molar-refractivity contribution in [2.24, 2.45) is 5.73 Å². The van der Waals surface area contributed by atoms with Crippen molar-refractivity contribution >= 4 is 5.91 Å². The fraction of sp³-hybridized carbons (Fsp3) is 0.462. The summed E-state index contributed by atoms with van der Waals surface area (Å²) in [5.74, 6) is 0.162. The van der Waals surface area contributed by atoms with E-state index in [1.165, 1.54) is 5.56 Å². The van der Waals surface area contributed by atoms with Crippen LogP contribution in [0.1, 0.15) is 18.0 Å². The number of piperazine rings is 1. The molecule has 1 aromatic rings. The minimum Gasteiger partial charge on any atom is -0.339 e. The summed E-state index contributed by atoms with van der Waals surface area (Å²) in [5.41, 5.74) is 6.65. The summed E-state index contributed by atoms with van der Waals surface area (Å²) in [7, 11) is 0. The molecule has 4 heteroatoms. The molecule has 1 heterocycles. The average molecular weight is 233 g/mol. The van der Waals surface area contributed by atoms with Crippen LogP contribution in [0, 0.1) is 0 Å². The molecule has 1 aromatic carbocycles. The molecule has 0 aliphatic carbocycles. The molecule has 0 saturated carbocycles. The lowest BCUT2D eigenvalue weighted by molar-refractivity contribution is -0.132. The molecule has 1 aliphatic heterocycles. The van der Waals surface area contributed by atoms with Gasteiger partial charge in [0.15, 0.2) is 0 Å². The van der Waals surface area contributed by atoms with Gasteiger partial charge in [-0.3, -0.25) is 4.79 Å². The Bertz CT molecular complexity index is 366. The first-order valence-corrected chi connectivity index (χ1v) is 6.07. The maximum absolute atomic E-state index is 11.8. The summed E-state index contributed by atoms with van der Waals surface area (Å²) in [5, 5.41) is 3.44. The van der Waals surface area contributed by atoms with Crippen molar-refractivity contribution in [3.63, 3.8) is 0 Å². The molecule has 3 N–H and O–H groups in total. The first kappa shape index (κ1) is 12.1. The second kappa shape index (κ2) is 5.80. The molecule has 17 heavy (non-hydrogen) atoms. The number of amides is 1. The van der Waals surface area contributed by atoms with Crippen LogP contribution in [0.25, 0.3) is 0 Å². The molecule has 4 nitrogen and oxygen atoms in total. The van der Waals surface area contributed by atoms with Crippen molar-refractivity contribution in [1.82, 2.24) is 10.2 Å². The van der Waals surface area contributed by atoms with Crippen LogP contribution in [0.5, 0.6) is 0 Å². The quantitative estimate of drug-likeness (QED) is 0.799. The van der Waals surface area contributed by atoms with Crippen molar-refractivity contribution in [2.75, 3.05) is 26.2 Å². The van der Waals surface area contributed by atoms with Gasteiger partial charge in [-0.2, -0.15) is 0 Å². The average Bonchev–Trinajstić information content (AvgIpc) is 2.40. The van der Waals surface area contributed by atoms with E-state index in [4.69, 9.17) is 5.73 Å². The molecule has 92 valence electrons.